The van der Waals surface area contributed by atoms with Crippen LogP contribution in [-0.2, 0) is 13.6 Å². The van der Waals surface area contributed by atoms with Crippen LogP contribution in [0.3, 0.4) is 0 Å². The lowest BCUT2D eigenvalue weighted by molar-refractivity contribution is 0.211. The molecular weight excluding hydrogens is 228 g/mol. The summed E-state index contributed by atoms with van der Waals surface area (Å²) in [4.78, 5) is 2.18. The van der Waals surface area contributed by atoms with Crippen molar-refractivity contribution in [1.82, 2.24) is 14.7 Å². The fourth-order valence-corrected chi connectivity index (χ4v) is 2.10. The van der Waals surface area contributed by atoms with Crippen molar-refractivity contribution in [3.8, 4) is 0 Å². The van der Waals surface area contributed by atoms with Gasteiger partial charge >= 0.3 is 0 Å². The molecule has 2 aromatic heterocycles. The third-order valence-electron chi connectivity index (χ3n) is 3.04. The Balaban J connectivity index is 2.08. The Morgan fingerprint density at radius 2 is 2.28 bits per heavy atom. The maximum atomic E-state index is 5.85. The summed E-state index contributed by atoms with van der Waals surface area (Å²) in [5, 5.41) is 4.17. The van der Waals surface area contributed by atoms with Crippen molar-refractivity contribution in [3.05, 3.63) is 41.6 Å². The molecule has 0 saturated carbocycles. The van der Waals surface area contributed by atoms with Gasteiger partial charge in [0.1, 0.15) is 11.5 Å². The second-order valence-electron chi connectivity index (χ2n) is 4.64. The number of rotatable bonds is 5. The minimum absolute atomic E-state index is 0.0962. The lowest BCUT2D eigenvalue weighted by Gasteiger charge is -2.24. The zero-order valence-electron chi connectivity index (χ0n) is 11.1. The van der Waals surface area contributed by atoms with Crippen molar-refractivity contribution < 1.29 is 4.42 Å². The van der Waals surface area contributed by atoms with Crippen molar-refractivity contribution in [3.63, 3.8) is 0 Å². The van der Waals surface area contributed by atoms with Gasteiger partial charge in [-0.3, -0.25) is 9.58 Å². The van der Waals surface area contributed by atoms with Crippen LogP contribution in [-0.4, -0.2) is 28.3 Å². The molecule has 98 valence electrons. The van der Waals surface area contributed by atoms with Crippen LogP contribution in [0.4, 0.5) is 0 Å². The second kappa shape index (κ2) is 5.37. The van der Waals surface area contributed by atoms with E-state index in [1.807, 2.05) is 45.5 Å². The molecule has 5 heteroatoms. The zero-order valence-corrected chi connectivity index (χ0v) is 11.1. The van der Waals surface area contributed by atoms with Crippen LogP contribution >= 0.6 is 0 Å². The molecule has 2 heterocycles. The van der Waals surface area contributed by atoms with Gasteiger partial charge in [0.15, 0.2) is 0 Å². The Morgan fingerprint density at radius 1 is 1.50 bits per heavy atom. The molecule has 18 heavy (non-hydrogen) atoms. The van der Waals surface area contributed by atoms with E-state index < -0.39 is 0 Å². The number of nitrogens with two attached hydrogens (primary N) is 1. The van der Waals surface area contributed by atoms with Crippen molar-refractivity contribution >= 4 is 0 Å². The van der Waals surface area contributed by atoms with Gasteiger partial charge in [-0.1, -0.05) is 0 Å². The number of likely N-dealkylation sites (N-methyl/N-ethyl adjacent to an activating group) is 1. The molecule has 0 saturated heterocycles. The molecule has 1 atom stereocenters. The molecule has 0 aliphatic heterocycles. The molecule has 0 bridgehead atoms. The normalized spacial score (nSPS) is 13.2. The molecule has 2 rings (SSSR count). The van der Waals surface area contributed by atoms with E-state index in [1.54, 1.807) is 4.68 Å². The molecule has 0 amide bonds. The fourth-order valence-electron chi connectivity index (χ4n) is 2.10. The second-order valence-corrected chi connectivity index (χ2v) is 4.64. The number of hydrogen-bond donors (Lipinski definition) is 1. The first-order chi connectivity index (χ1) is 8.60. The average Bonchev–Trinajstić information content (AvgIpc) is 2.89. The highest BCUT2D eigenvalue weighted by molar-refractivity contribution is 5.11. The van der Waals surface area contributed by atoms with Gasteiger partial charge in [0.25, 0.3) is 0 Å². The first kappa shape index (κ1) is 12.9. The van der Waals surface area contributed by atoms with E-state index in [0.29, 0.717) is 6.54 Å². The maximum absolute atomic E-state index is 5.85. The fraction of sp³-hybridized carbons (Fsp3) is 0.462. The summed E-state index contributed by atoms with van der Waals surface area (Å²) >= 11 is 0. The summed E-state index contributed by atoms with van der Waals surface area (Å²) in [7, 11) is 3.96. The topological polar surface area (TPSA) is 60.2 Å². The van der Waals surface area contributed by atoms with E-state index in [0.717, 1.165) is 18.1 Å². The van der Waals surface area contributed by atoms with Crippen LogP contribution in [0.5, 0.6) is 0 Å². The highest BCUT2D eigenvalue weighted by Crippen LogP contribution is 2.22. The average molecular weight is 248 g/mol. The predicted molar refractivity (Wildman–Crippen MR) is 69.9 cm³/mol. The van der Waals surface area contributed by atoms with Crippen molar-refractivity contribution in [2.45, 2.75) is 19.5 Å². The van der Waals surface area contributed by atoms with Crippen LogP contribution in [0.15, 0.2) is 28.9 Å². The molecule has 5 nitrogen and oxygen atoms in total. The highest BCUT2D eigenvalue weighted by Gasteiger charge is 2.19. The molecule has 0 aliphatic carbocycles. The molecule has 2 aromatic rings. The first-order valence-electron chi connectivity index (χ1n) is 6.04. The van der Waals surface area contributed by atoms with Gasteiger partial charge < -0.3 is 10.2 Å². The van der Waals surface area contributed by atoms with Crippen molar-refractivity contribution in [1.29, 1.82) is 0 Å². The van der Waals surface area contributed by atoms with E-state index >= 15 is 0 Å². The molecule has 0 fully saturated rings. The number of aromatic nitrogens is 2. The first-order valence-corrected chi connectivity index (χ1v) is 6.04. The van der Waals surface area contributed by atoms with E-state index in [9.17, 15) is 0 Å². The van der Waals surface area contributed by atoms with E-state index in [4.69, 9.17) is 10.2 Å². The summed E-state index contributed by atoms with van der Waals surface area (Å²) in [5.41, 5.74) is 7.02. The molecule has 0 radical (unpaired) electrons. The summed E-state index contributed by atoms with van der Waals surface area (Å²) < 4.78 is 7.46. The standard InChI is InChI=1S/C13H20N4O/c1-10-4-5-13(18-10)12(6-14)16(2)8-11-7-15-17(3)9-11/h4-5,7,9,12H,6,8,14H2,1-3H3. The lowest BCUT2D eigenvalue weighted by Crippen LogP contribution is -2.29. The Labute approximate surface area is 107 Å². The maximum Gasteiger partial charge on any atom is 0.122 e. The Bertz CT molecular complexity index is 503. The number of nitrogens with zero attached hydrogens (tertiary/aromatic N) is 3. The molecule has 1 unspecified atom stereocenters. The lowest BCUT2D eigenvalue weighted by atomic mass is 10.2. The SMILES string of the molecule is Cc1ccc(C(CN)N(C)Cc2cnn(C)c2)o1. The third kappa shape index (κ3) is 2.80. The monoisotopic (exact) mass is 248 g/mol. The van der Waals surface area contributed by atoms with Gasteiger partial charge in [-0.2, -0.15) is 5.10 Å². The minimum Gasteiger partial charge on any atom is -0.465 e. The Hall–Kier alpha value is -1.59. The third-order valence-corrected chi connectivity index (χ3v) is 3.04. The van der Waals surface area contributed by atoms with Gasteiger partial charge in [0.05, 0.1) is 12.2 Å². The summed E-state index contributed by atoms with van der Waals surface area (Å²) in [6.45, 7) is 3.28. The van der Waals surface area contributed by atoms with Gasteiger partial charge in [-0.05, 0) is 26.1 Å². The smallest absolute Gasteiger partial charge is 0.122 e. The molecule has 2 N–H and O–H groups in total. The molecule has 0 aromatic carbocycles. The Kier molecular flexibility index (Phi) is 3.84. The van der Waals surface area contributed by atoms with E-state index in [-0.39, 0.29) is 6.04 Å². The summed E-state index contributed by atoms with van der Waals surface area (Å²) in [6, 6.07) is 4.06. The summed E-state index contributed by atoms with van der Waals surface area (Å²) in [6.07, 6.45) is 3.88. The molecule has 0 aliphatic rings. The predicted octanol–water partition coefficient (Wildman–Crippen LogP) is 1.45. The largest absolute Gasteiger partial charge is 0.465 e. The van der Waals surface area contributed by atoms with Gasteiger partial charge in [-0.15, -0.1) is 0 Å². The minimum atomic E-state index is 0.0962. The number of aryl methyl sites for hydroxylation is 2. The van der Waals surface area contributed by atoms with Gasteiger partial charge in [0, 0.05) is 31.9 Å². The highest BCUT2D eigenvalue weighted by atomic mass is 16.3. The van der Waals surface area contributed by atoms with E-state index in [2.05, 4.69) is 10.00 Å². The number of furan rings is 1. The van der Waals surface area contributed by atoms with Crippen molar-refractivity contribution in [2.24, 2.45) is 12.8 Å². The Morgan fingerprint density at radius 3 is 2.78 bits per heavy atom. The molecular formula is C13H20N4O. The summed E-state index contributed by atoms with van der Waals surface area (Å²) in [5.74, 6) is 1.83. The van der Waals surface area contributed by atoms with Gasteiger partial charge in [-0.25, -0.2) is 0 Å². The van der Waals surface area contributed by atoms with Crippen LogP contribution < -0.4 is 5.73 Å². The van der Waals surface area contributed by atoms with Crippen LogP contribution in [0.1, 0.15) is 23.1 Å². The van der Waals surface area contributed by atoms with Crippen LogP contribution in [0.25, 0.3) is 0 Å². The van der Waals surface area contributed by atoms with Crippen LogP contribution in [0, 0.1) is 6.92 Å². The van der Waals surface area contributed by atoms with E-state index in [1.165, 1.54) is 5.56 Å². The van der Waals surface area contributed by atoms with Crippen molar-refractivity contribution in [2.75, 3.05) is 13.6 Å². The molecule has 0 spiro atoms. The quantitative estimate of drug-likeness (QED) is 0.870. The van der Waals surface area contributed by atoms with Crippen LogP contribution in [0.2, 0.25) is 0 Å². The number of hydrogen-bond acceptors (Lipinski definition) is 4. The zero-order chi connectivity index (χ0) is 13.1. The van der Waals surface area contributed by atoms with Gasteiger partial charge in [0.2, 0.25) is 0 Å².